The lowest BCUT2D eigenvalue weighted by Gasteiger charge is -2.21. The van der Waals surface area contributed by atoms with Gasteiger partial charge in [0.05, 0.1) is 32.9 Å². The second-order valence-electron chi connectivity index (χ2n) is 8.25. The Labute approximate surface area is 220 Å². The molecule has 2 unspecified atom stereocenters. The van der Waals surface area contributed by atoms with Crippen LogP contribution in [-0.2, 0) is 0 Å². The van der Waals surface area contributed by atoms with Gasteiger partial charge in [-0.2, -0.15) is 25.3 Å². The maximum atomic E-state index is 14.7. The Morgan fingerprint density at radius 2 is 0.816 bits per heavy atom. The first-order valence-corrected chi connectivity index (χ1v) is 11.7. The van der Waals surface area contributed by atoms with Crippen LogP contribution in [0.2, 0.25) is 0 Å². The number of halogens is 8. The molecular weight excluding hydrogens is 556 g/mol. The number of benzene rings is 4. The maximum absolute atomic E-state index is 14.7. The Hall–Kier alpha value is -3.38. The van der Waals surface area contributed by atoms with Crippen LogP contribution in [0.4, 0.5) is 35.1 Å². The van der Waals surface area contributed by atoms with Crippen molar-refractivity contribution in [1.82, 2.24) is 9.97 Å². The summed E-state index contributed by atoms with van der Waals surface area (Å²) in [5.41, 5.74) is -3.19. The molecule has 0 aliphatic rings. The molecule has 5 rings (SSSR count). The van der Waals surface area contributed by atoms with E-state index < -0.39 is 79.6 Å². The van der Waals surface area contributed by atoms with Crippen molar-refractivity contribution >= 4 is 47.1 Å². The monoisotopic (exact) mass is 568 g/mol. The number of rotatable bonds is 4. The quantitative estimate of drug-likeness (QED) is 0.0997. The highest BCUT2D eigenvalue weighted by Gasteiger charge is 2.33. The third-order valence-electron chi connectivity index (χ3n) is 5.94. The maximum Gasteiger partial charge on any atom is 0.166 e. The molecule has 0 aliphatic heterocycles. The number of hydrogen-bond donors (Lipinski definition) is 2. The van der Waals surface area contributed by atoms with Crippen molar-refractivity contribution in [2.75, 3.05) is 0 Å². The molecule has 5 aromatic rings. The van der Waals surface area contributed by atoms with E-state index in [-0.39, 0.29) is 23.2 Å². The number of fused-ring (bicyclic) bond motifs is 2. The van der Waals surface area contributed by atoms with Crippen molar-refractivity contribution in [2.45, 2.75) is 10.5 Å². The lowest BCUT2D eigenvalue weighted by Crippen LogP contribution is -2.15. The molecule has 0 saturated carbocycles. The molecule has 1 heterocycles. The summed E-state index contributed by atoms with van der Waals surface area (Å²) < 4.78 is 115. The van der Waals surface area contributed by atoms with Crippen LogP contribution >= 0.6 is 25.3 Å². The zero-order valence-electron chi connectivity index (χ0n) is 18.6. The fraction of sp³-hybridized carbons (Fsp3) is 0.0769. The Balaban J connectivity index is 1.84. The van der Waals surface area contributed by atoms with E-state index in [1.807, 2.05) is 0 Å². The molecule has 0 aliphatic carbocycles. The summed E-state index contributed by atoms with van der Waals surface area (Å²) in [4.78, 5) is 8.59. The van der Waals surface area contributed by atoms with E-state index in [9.17, 15) is 35.1 Å². The zero-order chi connectivity index (χ0) is 27.5. The number of hydrogen-bond acceptors (Lipinski definition) is 4. The van der Waals surface area contributed by atoms with Crippen LogP contribution in [0.1, 0.15) is 33.0 Å². The summed E-state index contributed by atoms with van der Waals surface area (Å²) in [6.45, 7) is 0. The van der Waals surface area contributed by atoms with E-state index in [0.29, 0.717) is 10.8 Å². The predicted octanol–water partition coefficient (Wildman–Crippen LogP) is 7.93. The van der Waals surface area contributed by atoms with Gasteiger partial charge in [-0.25, -0.2) is 45.1 Å². The fourth-order valence-electron chi connectivity index (χ4n) is 4.11. The van der Waals surface area contributed by atoms with Gasteiger partial charge in [0.25, 0.3) is 0 Å². The van der Waals surface area contributed by atoms with Crippen molar-refractivity contribution in [3.05, 3.63) is 118 Å². The van der Waals surface area contributed by atoms with Gasteiger partial charge in [0.1, 0.15) is 0 Å². The highest BCUT2D eigenvalue weighted by molar-refractivity contribution is 7.81. The molecule has 0 bridgehead atoms. The molecule has 0 fully saturated rings. The second kappa shape index (κ2) is 9.73. The summed E-state index contributed by atoms with van der Waals surface area (Å²) in [6, 6.07) is 9.99. The van der Waals surface area contributed by atoms with E-state index in [1.54, 1.807) is 36.4 Å². The summed E-state index contributed by atoms with van der Waals surface area (Å²) in [6.07, 6.45) is 0. The average molecular weight is 569 g/mol. The molecular formula is C26H12F8N2S2. The third kappa shape index (κ3) is 4.25. The van der Waals surface area contributed by atoms with Crippen molar-refractivity contribution < 1.29 is 35.1 Å². The molecule has 1 aromatic heterocycles. The van der Waals surface area contributed by atoms with Crippen LogP contribution in [0.25, 0.3) is 21.8 Å². The molecule has 0 amide bonds. The minimum Gasteiger partial charge on any atom is -0.248 e. The van der Waals surface area contributed by atoms with Crippen LogP contribution in [-0.4, -0.2) is 9.97 Å². The largest absolute Gasteiger partial charge is 0.248 e. The number of aromatic nitrogens is 2. The van der Waals surface area contributed by atoms with Gasteiger partial charge in [0.2, 0.25) is 0 Å². The number of nitrogens with zero attached hydrogens (tertiary/aromatic N) is 2. The smallest absolute Gasteiger partial charge is 0.166 e. The first-order valence-electron chi connectivity index (χ1n) is 10.7. The van der Waals surface area contributed by atoms with E-state index in [1.165, 1.54) is 0 Å². The van der Waals surface area contributed by atoms with Crippen molar-refractivity contribution in [3.63, 3.8) is 0 Å². The van der Waals surface area contributed by atoms with Crippen molar-refractivity contribution in [1.29, 1.82) is 0 Å². The van der Waals surface area contributed by atoms with E-state index in [0.717, 1.165) is 0 Å². The van der Waals surface area contributed by atoms with Crippen LogP contribution in [0.15, 0.2) is 48.5 Å². The van der Waals surface area contributed by atoms with Gasteiger partial charge in [-0.1, -0.05) is 24.3 Å². The molecule has 12 heteroatoms. The molecule has 0 saturated heterocycles. The Morgan fingerprint density at radius 3 is 1.13 bits per heavy atom. The molecule has 2 nitrogen and oxygen atoms in total. The normalized spacial score (nSPS) is 13.3. The van der Waals surface area contributed by atoms with Crippen LogP contribution in [0, 0.1) is 46.5 Å². The number of thiol groups is 2. The van der Waals surface area contributed by atoms with Gasteiger partial charge in [-0.05, 0) is 22.9 Å². The molecule has 2 atom stereocenters. The Morgan fingerprint density at radius 1 is 0.500 bits per heavy atom. The van der Waals surface area contributed by atoms with E-state index >= 15 is 0 Å². The van der Waals surface area contributed by atoms with Crippen LogP contribution in [0.5, 0.6) is 0 Å². The third-order valence-corrected chi connectivity index (χ3v) is 6.95. The Bertz CT molecular complexity index is 1580. The lowest BCUT2D eigenvalue weighted by atomic mass is 9.99. The van der Waals surface area contributed by atoms with Gasteiger partial charge in [0.15, 0.2) is 46.5 Å². The SMILES string of the molecule is Fc1cc(F)c(F)c(C(S)c2nc3cc4ccccc4cc3nc2C(S)c2c(F)c(F)cc(F)c2F)c1F. The average Bonchev–Trinajstić information content (AvgIpc) is 2.89. The van der Waals surface area contributed by atoms with E-state index in [2.05, 4.69) is 35.2 Å². The molecule has 4 aromatic carbocycles. The van der Waals surface area contributed by atoms with Gasteiger partial charge >= 0.3 is 0 Å². The highest BCUT2D eigenvalue weighted by Crippen LogP contribution is 2.41. The predicted molar refractivity (Wildman–Crippen MR) is 131 cm³/mol. The van der Waals surface area contributed by atoms with Gasteiger partial charge < -0.3 is 0 Å². The van der Waals surface area contributed by atoms with Crippen molar-refractivity contribution in [3.8, 4) is 0 Å². The molecule has 38 heavy (non-hydrogen) atoms. The molecule has 0 radical (unpaired) electrons. The zero-order valence-corrected chi connectivity index (χ0v) is 20.4. The first-order chi connectivity index (χ1) is 18.0. The topological polar surface area (TPSA) is 25.8 Å². The van der Waals surface area contributed by atoms with Gasteiger partial charge in [-0.3, -0.25) is 0 Å². The van der Waals surface area contributed by atoms with E-state index in [4.69, 9.17) is 0 Å². The summed E-state index contributed by atoms with van der Waals surface area (Å²) in [7, 11) is 0. The highest BCUT2D eigenvalue weighted by atomic mass is 32.1. The van der Waals surface area contributed by atoms with Gasteiger partial charge in [0, 0.05) is 23.3 Å². The van der Waals surface area contributed by atoms with Gasteiger partial charge in [-0.15, -0.1) is 0 Å². The molecule has 0 spiro atoms. The summed E-state index contributed by atoms with van der Waals surface area (Å²) >= 11 is 8.25. The minimum atomic E-state index is -1.89. The van der Waals surface area contributed by atoms with Crippen LogP contribution in [0.3, 0.4) is 0 Å². The fourth-order valence-corrected chi connectivity index (χ4v) is 4.94. The minimum absolute atomic E-state index is 0.00449. The summed E-state index contributed by atoms with van der Waals surface area (Å²) in [5.74, 6) is -14.1. The Kier molecular flexibility index (Phi) is 6.72. The first kappa shape index (κ1) is 26.2. The lowest BCUT2D eigenvalue weighted by molar-refractivity contribution is 0.439. The van der Waals surface area contributed by atoms with Crippen LogP contribution < -0.4 is 0 Å². The standard InChI is InChI=1S/C26H12F8N2S2/c27-11-7-12(28)20(32)17(19(11)31)25(37)23-24(26(38)18-21(33)13(29)8-14(30)22(18)34)36-16-6-10-4-2-1-3-9(10)5-15(16)35-23/h1-8,25-26,37-38H. The van der Waals surface area contributed by atoms with Crippen molar-refractivity contribution in [2.24, 2.45) is 0 Å². The molecule has 194 valence electrons. The summed E-state index contributed by atoms with van der Waals surface area (Å²) in [5, 5.41) is -2.44. The molecule has 0 N–H and O–H groups in total. The second-order valence-corrected chi connectivity index (χ2v) is 9.28.